The molecule has 0 aliphatic carbocycles. The van der Waals surface area contributed by atoms with E-state index < -0.39 is 0 Å². The van der Waals surface area contributed by atoms with Gasteiger partial charge in [-0.1, -0.05) is 17.7 Å². The lowest BCUT2D eigenvalue weighted by molar-refractivity contribution is 0.0952. The Balaban J connectivity index is 2.62. The standard InChI is InChI=1S/C12H17ClN2O/c1-8-3-4-10(13)7-11(8)12(16)15-6-5-9(2)14/h3-4,7,9H,5-6,14H2,1-2H3,(H,15,16). The highest BCUT2D eigenvalue weighted by atomic mass is 35.5. The third kappa shape index (κ3) is 3.83. The summed E-state index contributed by atoms with van der Waals surface area (Å²) >= 11 is 5.85. The van der Waals surface area contributed by atoms with E-state index in [1.807, 2.05) is 19.9 Å². The topological polar surface area (TPSA) is 55.1 Å². The van der Waals surface area contributed by atoms with Gasteiger partial charge >= 0.3 is 0 Å². The van der Waals surface area contributed by atoms with Gasteiger partial charge < -0.3 is 11.1 Å². The van der Waals surface area contributed by atoms with Crippen molar-refractivity contribution in [3.05, 3.63) is 34.3 Å². The highest BCUT2D eigenvalue weighted by Gasteiger charge is 2.08. The van der Waals surface area contributed by atoms with E-state index in [-0.39, 0.29) is 11.9 Å². The van der Waals surface area contributed by atoms with Crippen molar-refractivity contribution in [3.8, 4) is 0 Å². The number of rotatable bonds is 4. The van der Waals surface area contributed by atoms with Crippen LogP contribution >= 0.6 is 11.6 Å². The minimum atomic E-state index is -0.0966. The van der Waals surface area contributed by atoms with Gasteiger partial charge in [0.05, 0.1) is 0 Å². The molecular weight excluding hydrogens is 224 g/mol. The summed E-state index contributed by atoms with van der Waals surface area (Å²) in [4.78, 5) is 11.8. The number of hydrogen-bond donors (Lipinski definition) is 2. The van der Waals surface area contributed by atoms with Crippen LogP contribution in [0.4, 0.5) is 0 Å². The Morgan fingerprint density at radius 2 is 2.25 bits per heavy atom. The lowest BCUT2D eigenvalue weighted by atomic mass is 10.1. The number of hydrogen-bond acceptors (Lipinski definition) is 2. The van der Waals surface area contributed by atoms with E-state index in [9.17, 15) is 4.79 Å². The van der Waals surface area contributed by atoms with E-state index >= 15 is 0 Å². The molecule has 0 heterocycles. The Morgan fingerprint density at radius 3 is 2.88 bits per heavy atom. The zero-order chi connectivity index (χ0) is 12.1. The average Bonchev–Trinajstić information content (AvgIpc) is 2.21. The van der Waals surface area contributed by atoms with Gasteiger partial charge in [0.15, 0.2) is 0 Å². The van der Waals surface area contributed by atoms with Crippen molar-refractivity contribution in [2.75, 3.05) is 6.54 Å². The van der Waals surface area contributed by atoms with Crippen molar-refractivity contribution in [1.29, 1.82) is 0 Å². The van der Waals surface area contributed by atoms with Gasteiger partial charge in [0, 0.05) is 23.2 Å². The maximum absolute atomic E-state index is 11.8. The fraction of sp³-hybridized carbons (Fsp3) is 0.417. The van der Waals surface area contributed by atoms with E-state index in [1.165, 1.54) is 0 Å². The lowest BCUT2D eigenvalue weighted by Crippen LogP contribution is -2.29. The Morgan fingerprint density at radius 1 is 1.56 bits per heavy atom. The highest BCUT2D eigenvalue weighted by Crippen LogP contribution is 2.15. The maximum Gasteiger partial charge on any atom is 0.251 e. The van der Waals surface area contributed by atoms with Crippen LogP contribution in [0.2, 0.25) is 5.02 Å². The van der Waals surface area contributed by atoms with Gasteiger partial charge in [0.1, 0.15) is 0 Å². The molecule has 88 valence electrons. The summed E-state index contributed by atoms with van der Waals surface area (Å²) in [5.41, 5.74) is 7.14. The molecule has 0 fully saturated rings. The molecule has 0 saturated carbocycles. The van der Waals surface area contributed by atoms with Crippen LogP contribution in [-0.4, -0.2) is 18.5 Å². The second-order valence-corrected chi connectivity index (χ2v) is 4.42. The second-order valence-electron chi connectivity index (χ2n) is 3.98. The summed E-state index contributed by atoms with van der Waals surface area (Å²) in [5.74, 6) is -0.0966. The van der Waals surface area contributed by atoms with Crippen LogP contribution in [0.15, 0.2) is 18.2 Å². The first-order valence-electron chi connectivity index (χ1n) is 5.30. The highest BCUT2D eigenvalue weighted by molar-refractivity contribution is 6.31. The summed E-state index contributed by atoms with van der Waals surface area (Å²) < 4.78 is 0. The van der Waals surface area contributed by atoms with Crippen LogP contribution in [0.1, 0.15) is 29.3 Å². The van der Waals surface area contributed by atoms with Crippen LogP contribution in [-0.2, 0) is 0 Å². The molecule has 0 saturated heterocycles. The molecule has 4 heteroatoms. The van der Waals surface area contributed by atoms with E-state index in [2.05, 4.69) is 5.32 Å². The summed E-state index contributed by atoms with van der Waals surface area (Å²) in [6, 6.07) is 5.39. The Bertz CT molecular complexity index is 377. The number of nitrogens with two attached hydrogens (primary N) is 1. The van der Waals surface area contributed by atoms with Crippen LogP contribution < -0.4 is 11.1 Å². The summed E-state index contributed by atoms with van der Waals surface area (Å²) in [5, 5.41) is 3.39. The molecule has 1 aromatic rings. The molecule has 0 aromatic heterocycles. The third-order valence-electron chi connectivity index (χ3n) is 2.33. The summed E-state index contributed by atoms with van der Waals surface area (Å²) in [6.45, 7) is 4.38. The predicted octanol–water partition coefficient (Wildman–Crippen LogP) is 2.12. The maximum atomic E-state index is 11.8. The quantitative estimate of drug-likeness (QED) is 0.847. The minimum Gasteiger partial charge on any atom is -0.352 e. The molecule has 3 nitrogen and oxygen atoms in total. The molecule has 0 aliphatic rings. The van der Waals surface area contributed by atoms with Gasteiger partial charge in [-0.15, -0.1) is 0 Å². The zero-order valence-electron chi connectivity index (χ0n) is 9.59. The molecule has 1 atom stereocenters. The van der Waals surface area contributed by atoms with Crippen LogP contribution in [0.25, 0.3) is 0 Å². The third-order valence-corrected chi connectivity index (χ3v) is 2.56. The number of aryl methyl sites for hydroxylation is 1. The fourth-order valence-corrected chi connectivity index (χ4v) is 1.52. The van der Waals surface area contributed by atoms with Gasteiger partial charge in [-0.05, 0) is 38.0 Å². The average molecular weight is 241 g/mol. The van der Waals surface area contributed by atoms with E-state index in [0.717, 1.165) is 12.0 Å². The number of halogens is 1. The molecule has 0 radical (unpaired) electrons. The Hall–Kier alpha value is -1.06. The molecule has 0 spiro atoms. The van der Waals surface area contributed by atoms with E-state index in [0.29, 0.717) is 17.1 Å². The van der Waals surface area contributed by atoms with E-state index in [1.54, 1.807) is 12.1 Å². The second kappa shape index (κ2) is 5.87. The molecule has 16 heavy (non-hydrogen) atoms. The Labute approximate surface area is 101 Å². The predicted molar refractivity (Wildman–Crippen MR) is 66.8 cm³/mol. The first-order valence-corrected chi connectivity index (χ1v) is 5.68. The number of carbonyl (C=O) groups excluding carboxylic acids is 1. The van der Waals surface area contributed by atoms with Gasteiger partial charge in [-0.3, -0.25) is 4.79 Å². The van der Waals surface area contributed by atoms with Crippen molar-refractivity contribution < 1.29 is 4.79 Å². The molecular formula is C12H17ClN2O. The number of nitrogens with one attached hydrogen (secondary N) is 1. The van der Waals surface area contributed by atoms with Crippen molar-refractivity contribution in [2.45, 2.75) is 26.3 Å². The van der Waals surface area contributed by atoms with E-state index in [4.69, 9.17) is 17.3 Å². The van der Waals surface area contributed by atoms with Crippen LogP contribution in [0, 0.1) is 6.92 Å². The molecule has 0 aliphatic heterocycles. The molecule has 1 unspecified atom stereocenters. The smallest absolute Gasteiger partial charge is 0.251 e. The SMILES string of the molecule is Cc1ccc(Cl)cc1C(=O)NCCC(C)N. The minimum absolute atomic E-state index is 0.0966. The van der Waals surface area contributed by atoms with Crippen molar-refractivity contribution in [1.82, 2.24) is 5.32 Å². The largest absolute Gasteiger partial charge is 0.352 e. The van der Waals surface area contributed by atoms with Crippen LogP contribution in [0.5, 0.6) is 0 Å². The van der Waals surface area contributed by atoms with Gasteiger partial charge in [-0.2, -0.15) is 0 Å². The molecule has 1 rings (SSSR count). The number of benzene rings is 1. The summed E-state index contributed by atoms with van der Waals surface area (Å²) in [7, 11) is 0. The van der Waals surface area contributed by atoms with Gasteiger partial charge in [0.2, 0.25) is 0 Å². The first kappa shape index (κ1) is 13.0. The Kier molecular flexibility index (Phi) is 4.77. The fourth-order valence-electron chi connectivity index (χ4n) is 1.35. The first-order chi connectivity index (χ1) is 7.50. The van der Waals surface area contributed by atoms with Crippen molar-refractivity contribution >= 4 is 17.5 Å². The van der Waals surface area contributed by atoms with Crippen molar-refractivity contribution in [3.63, 3.8) is 0 Å². The molecule has 0 bridgehead atoms. The molecule has 1 amide bonds. The molecule has 3 N–H and O–H groups in total. The van der Waals surface area contributed by atoms with Gasteiger partial charge in [-0.25, -0.2) is 0 Å². The monoisotopic (exact) mass is 240 g/mol. The lowest BCUT2D eigenvalue weighted by Gasteiger charge is -2.09. The zero-order valence-corrected chi connectivity index (χ0v) is 10.3. The summed E-state index contributed by atoms with van der Waals surface area (Å²) in [6.07, 6.45) is 0.769. The van der Waals surface area contributed by atoms with Crippen molar-refractivity contribution in [2.24, 2.45) is 5.73 Å². The van der Waals surface area contributed by atoms with Crippen LogP contribution in [0.3, 0.4) is 0 Å². The van der Waals surface area contributed by atoms with Gasteiger partial charge in [0.25, 0.3) is 5.91 Å². The number of carbonyl (C=O) groups is 1. The normalized spacial score (nSPS) is 12.2. The number of amides is 1. The molecule has 1 aromatic carbocycles.